The number of nitrogens with one attached hydrogen (secondary N) is 1. The molecule has 0 saturated heterocycles. The van der Waals surface area contributed by atoms with Gasteiger partial charge < -0.3 is 4.74 Å². The molecule has 0 atom stereocenters. The molecule has 0 amide bonds. The average Bonchev–Trinajstić information content (AvgIpc) is 3.41. The number of benzene rings is 2. The SMILES string of the molecule is CN(Cc1cc(C2CC2)n[nH]1)Cc1cn(C)nc1-c1ccc(Oc2ccccc2)cc1. The Kier molecular flexibility index (Phi) is 5.30. The minimum absolute atomic E-state index is 0.675. The molecular weight excluding hydrogens is 386 g/mol. The minimum Gasteiger partial charge on any atom is -0.457 e. The van der Waals surface area contributed by atoms with Crippen LogP contribution in [0.2, 0.25) is 0 Å². The summed E-state index contributed by atoms with van der Waals surface area (Å²) in [6.45, 7) is 1.64. The van der Waals surface area contributed by atoms with Gasteiger partial charge in [0, 0.05) is 49.1 Å². The van der Waals surface area contributed by atoms with Gasteiger partial charge in [-0.25, -0.2) is 0 Å². The van der Waals surface area contributed by atoms with Crippen LogP contribution in [0.1, 0.15) is 35.7 Å². The number of rotatable bonds is 8. The van der Waals surface area contributed by atoms with Gasteiger partial charge in [0.25, 0.3) is 0 Å². The average molecular weight is 414 g/mol. The molecule has 31 heavy (non-hydrogen) atoms. The Morgan fingerprint density at radius 3 is 2.52 bits per heavy atom. The summed E-state index contributed by atoms with van der Waals surface area (Å²) in [6.07, 6.45) is 4.64. The number of hydrogen-bond donors (Lipinski definition) is 1. The summed E-state index contributed by atoms with van der Waals surface area (Å²) in [7, 11) is 4.10. The number of nitrogens with zero attached hydrogens (tertiary/aromatic N) is 4. The van der Waals surface area contributed by atoms with Crippen molar-refractivity contribution in [3.8, 4) is 22.8 Å². The van der Waals surface area contributed by atoms with Gasteiger partial charge in [-0.3, -0.25) is 14.7 Å². The molecule has 1 fully saturated rings. The molecule has 1 saturated carbocycles. The van der Waals surface area contributed by atoms with Crippen molar-refractivity contribution < 1.29 is 4.74 Å². The van der Waals surface area contributed by atoms with Crippen molar-refractivity contribution in [2.45, 2.75) is 31.8 Å². The normalized spacial score (nSPS) is 13.6. The summed E-state index contributed by atoms with van der Waals surface area (Å²) < 4.78 is 7.80. The van der Waals surface area contributed by atoms with Crippen LogP contribution in [-0.2, 0) is 20.1 Å². The summed E-state index contributed by atoms with van der Waals surface area (Å²) in [6, 6.07) is 20.2. The molecule has 1 aliphatic carbocycles. The number of H-pyrrole nitrogens is 1. The first-order valence-electron chi connectivity index (χ1n) is 10.7. The topological polar surface area (TPSA) is 59.0 Å². The molecule has 1 N–H and O–H groups in total. The number of aromatic nitrogens is 4. The zero-order valence-electron chi connectivity index (χ0n) is 18.0. The Hall–Kier alpha value is -3.38. The van der Waals surface area contributed by atoms with E-state index in [1.165, 1.54) is 24.1 Å². The second-order valence-electron chi connectivity index (χ2n) is 8.38. The molecule has 0 radical (unpaired) electrons. The van der Waals surface area contributed by atoms with Crippen molar-refractivity contribution in [3.05, 3.63) is 83.8 Å². The third-order valence-electron chi connectivity index (χ3n) is 5.54. The molecule has 158 valence electrons. The third-order valence-corrected chi connectivity index (χ3v) is 5.54. The van der Waals surface area contributed by atoms with Crippen LogP contribution in [0.5, 0.6) is 11.5 Å². The van der Waals surface area contributed by atoms with E-state index in [9.17, 15) is 0 Å². The highest BCUT2D eigenvalue weighted by atomic mass is 16.5. The lowest BCUT2D eigenvalue weighted by atomic mass is 10.1. The van der Waals surface area contributed by atoms with Crippen LogP contribution in [0.3, 0.4) is 0 Å². The van der Waals surface area contributed by atoms with Crippen molar-refractivity contribution in [2.24, 2.45) is 7.05 Å². The molecule has 1 aliphatic rings. The second kappa shape index (κ2) is 8.40. The molecule has 6 nitrogen and oxygen atoms in total. The lowest BCUT2D eigenvalue weighted by Gasteiger charge is -2.15. The Morgan fingerprint density at radius 2 is 1.77 bits per heavy atom. The van der Waals surface area contributed by atoms with Gasteiger partial charge in [0.15, 0.2) is 0 Å². The van der Waals surface area contributed by atoms with E-state index < -0.39 is 0 Å². The standard InChI is InChI=1S/C25H27N5O/c1-29(17-21-14-24(27-26-21)18-8-9-18)15-20-16-30(2)28-25(20)19-10-12-23(13-11-19)31-22-6-4-3-5-7-22/h3-7,10-14,16,18H,8-9,15,17H2,1-2H3,(H,26,27). The second-order valence-corrected chi connectivity index (χ2v) is 8.38. The fraction of sp³-hybridized carbons (Fsp3) is 0.280. The third kappa shape index (κ3) is 4.70. The lowest BCUT2D eigenvalue weighted by molar-refractivity contribution is 0.315. The minimum atomic E-state index is 0.675. The zero-order chi connectivity index (χ0) is 21.2. The van der Waals surface area contributed by atoms with E-state index in [4.69, 9.17) is 9.84 Å². The number of para-hydroxylation sites is 1. The van der Waals surface area contributed by atoms with E-state index in [0.717, 1.165) is 41.5 Å². The predicted molar refractivity (Wildman–Crippen MR) is 121 cm³/mol. The van der Waals surface area contributed by atoms with Gasteiger partial charge in [0.1, 0.15) is 11.5 Å². The van der Waals surface area contributed by atoms with Crippen LogP contribution in [0.25, 0.3) is 11.3 Å². The first-order chi connectivity index (χ1) is 15.1. The maximum Gasteiger partial charge on any atom is 0.127 e. The first kappa shape index (κ1) is 19.6. The molecular formula is C25H27N5O. The van der Waals surface area contributed by atoms with Crippen LogP contribution < -0.4 is 4.74 Å². The van der Waals surface area contributed by atoms with E-state index in [1.54, 1.807) is 0 Å². The quantitative estimate of drug-likeness (QED) is 0.436. The van der Waals surface area contributed by atoms with Crippen molar-refractivity contribution in [2.75, 3.05) is 7.05 Å². The molecule has 0 unspecified atom stereocenters. The smallest absolute Gasteiger partial charge is 0.127 e. The van der Waals surface area contributed by atoms with E-state index in [2.05, 4.69) is 46.5 Å². The van der Waals surface area contributed by atoms with Crippen LogP contribution in [0.15, 0.2) is 66.9 Å². The first-order valence-corrected chi connectivity index (χ1v) is 10.7. The molecule has 0 bridgehead atoms. The predicted octanol–water partition coefficient (Wildman–Crippen LogP) is 5.11. The van der Waals surface area contributed by atoms with Gasteiger partial charge in [0.05, 0.1) is 11.4 Å². The van der Waals surface area contributed by atoms with E-state index in [-0.39, 0.29) is 0 Å². The van der Waals surface area contributed by atoms with Crippen molar-refractivity contribution in [1.29, 1.82) is 0 Å². The van der Waals surface area contributed by atoms with Gasteiger partial charge in [-0.05, 0) is 62.4 Å². The van der Waals surface area contributed by atoms with E-state index >= 15 is 0 Å². The van der Waals surface area contributed by atoms with E-state index in [0.29, 0.717) is 5.92 Å². The fourth-order valence-corrected chi connectivity index (χ4v) is 3.89. The highest BCUT2D eigenvalue weighted by Crippen LogP contribution is 2.39. The summed E-state index contributed by atoms with van der Waals surface area (Å²) in [5.41, 5.74) is 5.66. The van der Waals surface area contributed by atoms with E-state index in [1.807, 2.05) is 54.2 Å². The highest BCUT2D eigenvalue weighted by molar-refractivity contribution is 5.63. The number of aromatic amines is 1. The molecule has 2 aromatic carbocycles. The highest BCUT2D eigenvalue weighted by Gasteiger charge is 2.26. The van der Waals surface area contributed by atoms with Gasteiger partial charge in [-0.1, -0.05) is 18.2 Å². The maximum absolute atomic E-state index is 5.92. The Balaban J connectivity index is 1.28. The number of ether oxygens (including phenoxy) is 1. The molecule has 2 aromatic heterocycles. The molecule has 2 heterocycles. The van der Waals surface area contributed by atoms with Crippen molar-refractivity contribution in [1.82, 2.24) is 24.9 Å². The Morgan fingerprint density at radius 1 is 1.03 bits per heavy atom. The number of hydrogen-bond acceptors (Lipinski definition) is 4. The van der Waals surface area contributed by atoms with Crippen LogP contribution in [0.4, 0.5) is 0 Å². The van der Waals surface area contributed by atoms with Gasteiger partial charge in [-0.2, -0.15) is 10.2 Å². The van der Waals surface area contributed by atoms with Crippen LogP contribution in [0, 0.1) is 0 Å². The van der Waals surface area contributed by atoms with Crippen molar-refractivity contribution >= 4 is 0 Å². The molecule has 0 aliphatic heterocycles. The summed E-state index contributed by atoms with van der Waals surface area (Å²) in [5.74, 6) is 2.32. The zero-order valence-corrected chi connectivity index (χ0v) is 18.0. The summed E-state index contributed by atoms with van der Waals surface area (Å²) in [4.78, 5) is 2.29. The number of aryl methyl sites for hydroxylation is 1. The Labute approximate surface area is 182 Å². The van der Waals surface area contributed by atoms with Crippen LogP contribution in [-0.4, -0.2) is 31.9 Å². The van der Waals surface area contributed by atoms with Gasteiger partial charge in [-0.15, -0.1) is 0 Å². The summed E-state index contributed by atoms with van der Waals surface area (Å²) in [5, 5.41) is 12.4. The summed E-state index contributed by atoms with van der Waals surface area (Å²) >= 11 is 0. The monoisotopic (exact) mass is 413 g/mol. The maximum atomic E-state index is 5.92. The molecule has 5 rings (SSSR count). The molecule has 0 spiro atoms. The van der Waals surface area contributed by atoms with Crippen molar-refractivity contribution in [3.63, 3.8) is 0 Å². The molecule has 4 aromatic rings. The largest absolute Gasteiger partial charge is 0.457 e. The Bertz CT molecular complexity index is 1140. The van der Waals surface area contributed by atoms with Gasteiger partial charge in [0.2, 0.25) is 0 Å². The van der Waals surface area contributed by atoms with Crippen LogP contribution >= 0.6 is 0 Å². The lowest BCUT2D eigenvalue weighted by Crippen LogP contribution is -2.17. The molecule has 6 heteroatoms. The van der Waals surface area contributed by atoms with Gasteiger partial charge >= 0.3 is 0 Å². The fourth-order valence-electron chi connectivity index (χ4n) is 3.89.